The van der Waals surface area contributed by atoms with Gasteiger partial charge in [-0.3, -0.25) is 4.79 Å². The van der Waals surface area contributed by atoms with Crippen molar-refractivity contribution >= 4 is 33.2 Å². The number of nitrogens with two attached hydrogens (primary N) is 1. The monoisotopic (exact) mass is 314 g/mol. The second-order valence-electron chi connectivity index (χ2n) is 5.22. The minimum absolute atomic E-state index is 0.142. The molecule has 0 bridgehead atoms. The molecule has 2 N–H and O–H groups in total. The number of amides is 1. The van der Waals surface area contributed by atoms with Crippen molar-refractivity contribution in [2.45, 2.75) is 25.8 Å². The highest BCUT2D eigenvalue weighted by Crippen LogP contribution is 2.52. The van der Waals surface area contributed by atoms with Crippen LogP contribution in [0.4, 0.5) is 0 Å². The molecule has 2 fully saturated rings. The third-order valence-corrected chi connectivity index (χ3v) is 6.08. The standard InChI is InChI=1S/C12H15BrN2OS/c1-7-4-8(17-10(7)13)11(16)15-5-9(14)12(6-15)2-3-12/h4,9H,2-3,5-6,14H2,1H3. The Labute approximate surface area is 113 Å². The van der Waals surface area contributed by atoms with Crippen LogP contribution in [0.1, 0.15) is 28.1 Å². The first-order valence-corrected chi connectivity index (χ1v) is 7.44. The minimum atomic E-state index is 0.142. The highest BCUT2D eigenvalue weighted by Gasteiger charge is 2.54. The largest absolute Gasteiger partial charge is 0.336 e. The van der Waals surface area contributed by atoms with Crippen LogP contribution in [0.15, 0.2) is 9.85 Å². The van der Waals surface area contributed by atoms with E-state index in [1.165, 1.54) is 24.2 Å². The number of rotatable bonds is 1. The number of carbonyl (C=O) groups excluding carboxylic acids is 1. The van der Waals surface area contributed by atoms with Crippen LogP contribution in [0.2, 0.25) is 0 Å². The summed E-state index contributed by atoms with van der Waals surface area (Å²) in [6.45, 7) is 3.57. The molecule has 1 aromatic rings. The Balaban J connectivity index is 1.79. The average Bonchev–Trinajstić information content (AvgIpc) is 2.89. The molecule has 1 aliphatic heterocycles. The van der Waals surface area contributed by atoms with Gasteiger partial charge in [0.1, 0.15) is 0 Å². The van der Waals surface area contributed by atoms with E-state index in [4.69, 9.17) is 5.73 Å². The lowest BCUT2D eigenvalue weighted by Gasteiger charge is -2.14. The van der Waals surface area contributed by atoms with Crippen LogP contribution in [0, 0.1) is 12.3 Å². The van der Waals surface area contributed by atoms with Gasteiger partial charge in [-0.25, -0.2) is 0 Å². The molecule has 0 aromatic carbocycles. The van der Waals surface area contributed by atoms with Crippen LogP contribution in [-0.4, -0.2) is 29.9 Å². The van der Waals surface area contributed by atoms with Gasteiger partial charge in [0.15, 0.2) is 0 Å². The molecule has 1 aromatic heterocycles. The van der Waals surface area contributed by atoms with E-state index in [-0.39, 0.29) is 17.4 Å². The van der Waals surface area contributed by atoms with E-state index >= 15 is 0 Å². The fourth-order valence-corrected chi connectivity index (χ4v) is 4.06. The van der Waals surface area contributed by atoms with Crippen LogP contribution in [0.3, 0.4) is 0 Å². The van der Waals surface area contributed by atoms with Gasteiger partial charge in [0.05, 0.1) is 8.66 Å². The number of thiophene rings is 1. The summed E-state index contributed by atoms with van der Waals surface area (Å²) in [5.74, 6) is 0.142. The third kappa shape index (κ3) is 1.84. The highest BCUT2D eigenvalue weighted by molar-refractivity contribution is 9.11. The molecule has 3 nitrogen and oxygen atoms in total. The molecule has 92 valence electrons. The SMILES string of the molecule is Cc1cc(C(=O)N2CC(N)C3(CC3)C2)sc1Br. The molecule has 1 saturated heterocycles. The zero-order valence-corrected chi connectivity index (χ0v) is 12.1. The summed E-state index contributed by atoms with van der Waals surface area (Å²) < 4.78 is 1.05. The summed E-state index contributed by atoms with van der Waals surface area (Å²) in [7, 11) is 0. The van der Waals surface area contributed by atoms with Crippen LogP contribution in [0.25, 0.3) is 0 Å². The van der Waals surface area contributed by atoms with Gasteiger partial charge in [-0.1, -0.05) is 0 Å². The fraction of sp³-hybridized carbons (Fsp3) is 0.583. The highest BCUT2D eigenvalue weighted by atomic mass is 79.9. The van der Waals surface area contributed by atoms with Crippen molar-refractivity contribution in [1.29, 1.82) is 0 Å². The normalized spacial score (nSPS) is 25.6. The van der Waals surface area contributed by atoms with E-state index < -0.39 is 0 Å². The van der Waals surface area contributed by atoms with E-state index in [0.717, 1.165) is 20.8 Å². The first kappa shape index (κ1) is 11.7. The molecule has 1 saturated carbocycles. The molecule has 3 rings (SSSR count). The molecule has 0 radical (unpaired) electrons. The lowest BCUT2D eigenvalue weighted by Crippen LogP contribution is -2.32. The van der Waals surface area contributed by atoms with E-state index in [0.29, 0.717) is 6.54 Å². The van der Waals surface area contributed by atoms with Crippen LogP contribution in [-0.2, 0) is 0 Å². The summed E-state index contributed by atoms with van der Waals surface area (Å²) >= 11 is 4.98. The Morgan fingerprint density at radius 3 is 2.82 bits per heavy atom. The number of aryl methyl sites for hydroxylation is 1. The van der Waals surface area contributed by atoms with Crippen molar-refractivity contribution in [2.75, 3.05) is 13.1 Å². The quantitative estimate of drug-likeness (QED) is 0.865. The molecular weight excluding hydrogens is 300 g/mol. The lowest BCUT2D eigenvalue weighted by molar-refractivity contribution is 0.0789. The third-order valence-electron chi connectivity index (χ3n) is 3.96. The Morgan fingerprint density at radius 1 is 1.65 bits per heavy atom. The van der Waals surface area contributed by atoms with E-state index in [9.17, 15) is 4.79 Å². The molecule has 1 spiro atoms. The topological polar surface area (TPSA) is 46.3 Å². The van der Waals surface area contributed by atoms with E-state index in [1.807, 2.05) is 17.9 Å². The maximum atomic E-state index is 12.3. The Kier molecular flexibility index (Phi) is 2.61. The van der Waals surface area contributed by atoms with Crippen molar-refractivity contribution in [3.05, 3.63) is 20.3 Å². The Morgan fingerprint density at radius 2 is 2.35 bits per heavy atom. The minimum Gasteiger partial charge on any atom is -0.336 e. The van der Waals surface area contributed by atoms with Crippen molar-refractivity contribution in [1.82, 2.24) is 4.90 Å². The summed E-state index contributed by atoms with van der Waals surface area (Å²) in [5, 5.41) is 0. The Hall–Kier alpha value is -0.390. The number of nitrogens with zero attached hydrogens (tertiary/aromatic N) is 1. The second kappa shape index (κ2) is 3.80. The number of likely N-dealkylation sites (tertiary alicyclic amines) is 1. The van der Waals surface area contributed by atoms with Gasteiger partial charge in [0.25, 0.3) is 5.91 Å². The van der Waals surface area contributed by atoms with Crippen LogP contribution >= 0.6 is 27.3 Å². The summed E-state index contributed by atoms with van der Waals surface area (Å²) in [6, 6.07) is 2.14. The van der Waals surface area contributed by atoms with Crippen molar-refractivity contribution < 1.29 is 4.79 Å². The maximum Gasteiger partial charge on any atom is 0.264 e. The van der Waals surface area contributed by atoms with E-state index in [2.05, 4.69) is 15.9 Å². The number of halogens is 1. The first-order chi connectivity index (χ1) is 8.02. The van der Waals surface area contributed by atoms with Crippen molar-refractivity contribution in [2.24, 2.45) is 11.1 Å². The lowest BCUT2D eigenvalue weighted by atomic mass is 10.0. The molecule has 1 unspecified atom stereocenters. The van der Waals surface area contributed by atoms with Gasteiger partial charge in [-0.05, 0) is 47.3 Å². The molecule has 17 heavy (non-hydrogen) atoms. The van der Waals surface area contributed by atoms with Gasteiger partial charge >= 0.3 is 0 Å². The van der Waals surface area contributed by atoms with Crippen LogP contribution < -0.4 is 5.73 Å². The van der Waals surface area contributed by atoms with Gasteiger partial charge in [0.2, 0.25) is 0 Å². The predicted molar refractivity (Wildman–Crippen MR) is 72.3 cm³/mol. The average molecular weight is 315 g/mol. The number of hydrogen-bond donors (Lipinski definition) is 1. The zero-order chi connectivity index (χ0) is 12.2. The van der Waals surface area contributed by atoms with Crippen molar-refractivity contribution in [3.63, 3.8) is 0 Å². The molecule has 2 heterocycles. The van der Waals surface area contributed by atoms with Crippen molar-refractivity contribution in [3.8, 4) is 0 Å². The smallest absolute Gasteiger partial charge is 0.264 e. The molecule has 2 aliphatic rings. The van der Waals surface area contributed by atoms with E-state index in [1.54, 1.807) is 0 Å². The van der Waals surface area contributed by atoms with Gasteiger partial charge < -0.3 is 10.6 Å². The molecule has 1 atom stereocenters. The molecule has 1 amide bonds. The molecule has 1 aliphatic carbocycles. The molecular formula is C12H15BrN2OS. The second-order valence-corrected chi connectivity index (χ2v) is 7.59. The van der Waals surface area contributed by atoms with Crippen LogP contribution in [0.5, 0.6) is 0 Å². The van der Waals surface area contributed by atoms with Gasteiger partial charge in [-0.15, -0.1) is 11.3 Å². The first-order valence-electron chi connectivity index (χ1n) is 5.83. The van der Waals surface area contributed by atoms with Gasteiger partial charge in [0, 0.05) is 24.5 Å². The summed E-state index contributed by atoms with van der Waals surface area (Å²) in [4.78, 5) is 15.1. The zero-order valence-electron chi connectivity index (χ0n) is 9.70. The molecule has 5 heteroatoms. The fourth-order valence-electron chi connectivity index (χ4n) is 2.56. The Bertz CT molecular complexity index is 461. The number of hydrogen-bond acceptors (Lipinski definition) is 3. The number of carbonyl (C=O) groups is 1. The van der Waals surface area contributed by atoms with Gasteiger partial charge in [-0.2, -0.15) is 0 Å². The predicted octanol–water partition coefficient (Wildman–Crippen LogP) is 2.38. The maximum absolute atomic E-state index is 12.3. The summed E-state index contributed by atoms with van der Waals surface area (Å²) in [5.41, 5.74) is 7.51. The summed E-state index contributed by atoms with van der Waals surface area (Å²) in [6.07, 6.45) is 2.37.